The Bertz CT molecular complexity index is 745. The monoisotopic (exact) mass is 342 g/mol. The molecule has 2 amide bonds. The van der Waals surface area contributed by atoms with Gasteiger partial charge in [0.25, 0.3) is 0 Å². The van der Waals surface area contributed by atoms with E-state index in [0.29, 0.717) is 12.2 Å². The number of amides is 2. The van der Waals surface area contributed by atoms with E-state index in [1.165, 1.54) is 4.68 Å². The van der Waals surface area contributed by atoms with Gasteiger partial charge in [0.15, 0.2) is 0 Å². The number of anilines is 2. The molecule has 0 aromatic carbocycles. The number of likely N-dealkylation sites (N-methyl/N-ethyl adjacent to an activating group) is 1. The molecular formula is C17H22N6O2. The van der Waals surface area contributed by atoms with Crippen LogP contribution in [-0.2, 0) is 16.1 Å². The first-order valence-electron chi connectivity index (χ1n) is 8.26. The minimum Gasteiger partial charge on any atom is -0.358 e. The van der Waals surface area contributed by atoms with Gasteiger partial charge in [-0.3, -0.25) is 14.3 Å². The van der Waals surface area contributed by atoms with Crippen molar-refractivity contribution in [3.05, 3.63) is 36.8 Å². The van der Waals surface area contributed by atoms with Gasteiger partial charge in [-0.05, 0) is 18.1 Å². The Morgan fingerprint density at radius 1 is 1.32 bits per heavy atom. The smallest absolute Gasteiger partial charge is 0.241 e. The molecule has 2 aromatic rings. The highest BCUT2D eigenvalue weighted by atomic mass is 16.2. The van der Waals surface area contributed by atoms with Crippen LogP contribution < -0.4 is 15.5 Å². The molecule has 2 atom stereocenters. The normalized spacial score (nSPS) is 19.7. The zero-order valence-corrected chi connectivity index (χ0v) is 14.3. The third kappa shape index (κ3) is 3.96. The van der Waals surface area contributed by atoms with Crippen molar-refractivity contribution in [1.82, 2.24) is 20.1 Å². The van der Waals surface area contributed by atoms with Crippen LogP contribution in [0.3, 0.4) is 0 Å². The summed E-state index contributed by atoms with van der Waals surface area (Å²) >= 11 is 0. The Morgan fingerprint density at radius 2 is 2.16 bits per heavy atom. The van der Waals surface area contributed by atoms with Crippen LogP contribution in [0.15, 0.2) is 36.8 Å². The van der Waals surface area contributed by atoms with Gasteiger partial charge < -0.3 is 15.5 Å². The highest BCUT2D eigenvalue weighted by molar-refractivity contribution is 5.93. The van der Waals surface area contributed by atoms with E-state index < -0.39 is 0 Å². The molecular weight excluding hydrogens is 320 g/mol. The number of rotatable bonds is 5. The number of carbonyl (C=O) groups is 2. The number of hydrogen-bond acceptors (Lipinski definition) is 5. The lowest BCUT2D eigenvalue weighted by atomic mass is 9.97. The molecule has 0 spiro atoms. The van der Waals surface area contributed by atoms with Gasteiger partial charge >= 0.3 is 0 Å². The molecule has 2 aromatic heterocycles. The Morgan fingerprint density at radius 3 is 2.88 bits per heavy atom. The molecule has 0 saturated carbocycles. The maximum absolute atomic E-state index is 12.6. The highest BCUT2D eigenvalue weighted by Crippen LogP contribution is 2.27. The third-order valence-corrected chi connectivity index (χ3v) is 4.41. The first kappa shape index (κ1) is 16.9. The molecule has 1 aliphatic heterocycles. The molecule has 1 fully saturated rings. The second-order valence-corrected chi connectivity index (χ2v) is 6.27. The van der Waals surface area contributed by atoms with Crippen LogP contribution in [-0.4, -0.2) is 46.7 Å². The maximum Gasteiger partial charge on any atom is 0.241 e. The molecule has 0 aliphatic carbocycles. The first-order valence-corrected chi connectivity index (χ1v) is 8.26. The first-order chi connectivity index (χ1) is 12.1. The molecule has 0 radical (unpaired) electrons. The topological polar surface area (TPSA) is 92.2 Å². The van der Waals surface area contributed by atoms with Gasteiger partial charge in [0.05, 0.1) is 17.8 Å². The fourth-order valence-electron chi connectivity index (χ4n) is 3.01. The second-order valence-electron chi connectivity index (χ2n) is 6.27. The molecule has 0 unspecified atom stereocenters. The quantitative estimate of drug-likeness (QED) is 0.836. The lowest BCUT2D eigenvalue weighted by molar-refractivity contribution is -0.121. The number of aromatic nitrogens is 3. The van der Waals surface area contributed by atoms with E-state index >= 15 is 0 Å². The Kier molecular flexibility index (Phi) is 4.97. The van der Waals surface area contributed by atoms with Crippen molar-refractivity contribution in [1.29, 1.82) is 0 Å². The van der Waals surface area contributed by atoms with E-state index in [2.05, 4.69) is 32.5 Å². The zero-order valence-electron chi connectivity index (χ0n) is 14.3. The van der Waals surface area contributed by atoms with Crippen molar-refractivity contribution in [3.63, 3.8) is 0 Å². The van der Waals surface area contributed by atoms with Crippen molar-refractivity contribution < 1.29 is 9.59 Å². The maximum atomic E-state index is 12.6. The fraction of sp³-hybridized carbons (Fsp3) is 0.412. The SMILES string of the molecule is CNC(=O)Cn1cc(NC(=O)[C@@H]2CN(c3ccccn3)C[C@H]2C)cn1. The largest absolute Gasteiger partial charge is 0.358 e. The number of nitrogens with zero attached hydrogens (tertiary/aromatic N) is 4. The molecule has 1 saturated heterocycles. The van der Waals surface area contributed by atoms with Gasteiger partial charge in [-0.1, -0.05) is 13.0 Å². The van der Waals surface area contributed by atoms with Crippen LogP contribution in [0.25, 0.3) is 0 Å². The summed E-state index contributed by atoms with van der Waals surface area (Å²) < 4.78 is 1.49. The molecule has 8 nitrogen and oxygen atoms in total. The fourth-order valence-corrected chi connectivity index (χ4v) is 3.01. The lowest BCUT2D eigenvalue weighted by Crippen LogP contribution is -2.28. The van der Waals surface area contributed by atoms with Crippen LogP contribution in [0, 0.1) is 11.8 Å². The molecule has 25 heavy (non-hydrogen) atoms. The number of pyridine rings is 1. The van der Waals surface area contributed by atoms with Gasteiger partial charge in [-0.2, -0.15) is 5.10 Å². The molecule has 132 valence electrons. The summed E-state index contributed by atoms with van der Waals surface area (Å²) in [6, 6.07) is 5.78. The summed E-state index contributed by atoms with van der Waals surface area (Å²) in [6.07, 6.45) is 4.97. The summed E-state index contributed by atoms with van der Waals surface area (Å²) in [4.78, 5) is 30.5. The summed E-state index contributed by atoms with van der Waals surface area (Å²) in [5.41, 5.74) is 0.595. The van der Waals surface area contributed by atoms with Crippen molar-refractivity contribution in [2.24, 2.45) is 11.8 Å². The Hall–Kier alpha value is -2.90. The van der Waals surface area contributed by atoms with Crippen molar-refractivity contribution in [3.8, 4) is 0 Å². The zero-order chi connectivity index (χ0) is 17.8. The summed E-state index contributed by atoms with van der Waals surface area (Å²) in [7, 11) is 1.57. The second kappa shape index (κ2) is 7.33. The average molecular weight is 342 g/mol. The number of nitrogens with one attached hydrogen (secondary N) is 2. The van der Waals surface area contributed by atoms with E-state index in [9.17, 15) is 9.59 Å². The van der Waals surface area contributed by atoms with Gasteiger partial charge in [0, 0.05) is 32.5 Å². The van der Waals surface area contributed by atoms with Crippen LogP contribution in [0.1, 0.15) is 6.92 Å². The van der Waals surface area contributed by atoms with E-state index in [4.69, 9.17) is 0 Å². The predicted octanol–water partition coefficient (Wildman–Crippen LogP) is 0.735. The highest BCUT2D eigenvalue weighted by Gasteiger charge is 2.35. The van der Waals surface area contributed by atoms with Crippen LogP contribution >= 0.6 is 0 Å². The van der Waals surface area contributed by atoms with E-state index in [-0.39, 0.29) is 30.2 Å². The van der Waals surface area contributed by atoms with Crippen LogP contribution in [0.2, 0.25) is 0 Å². The molecule has 1 aliphatic rings. The molecule has 3 heterocycles. The molecule has 8 heteroatoms. The van der Waals surface area contributed by atoms with E-state index in [0.717, 1.165) is 12.4 Å². The molecule has 2 N–H and O–H groups in total. The minimum absolute atomic E-state index is 0.0366. The average Bonchev–Trinajstić information content (AvgIpc) is 3.22. The standard InChI is InChI=1S/C17H22N6O2/c1-12-8-22(15-5-3-4-6-19-15)10-14(12)17(25)21-13-7-20-23(9-13)11-16(24)18-2/h3-7,9,12,14H,8,10-11H2,1-2H3,(H,18,24)(H,21,25)/t12-,14-/m1/s1. The van der Waals surface area contributed by atoms with Gasteiger partial charge in [-0.25, -0.2) is 4.98 Å². The summed E-state index contributed by atoms with van der Waals surface area (Å²) in [5, 5.41) is 9.52. The van der Waals surface area contributed by atoms with Crippen LogP contribution in [0.4, 0.5) is 11.5 Å². The van der Waals surface area contributed by atoms with E-state index in [1.807, 2.05) is 18.2 Å². The Balaban J connectivity index is 1.61. The minimum atomic E-state index is -0.142. The van der Waals surface area contributed by atoms with Gasteiger partial charge in [-0.15, -0.1) is 0 Å². The van der Waals surface area contributed by atoms with Crippen LogP contribution in [0.5, 0.6) is 0 Å². The van der Waals surface area contributed by atoms with Crippen molar-refractivity contribution in [2.45, 2.75) is 13.5 Å². The number of hydrogen-bond donors (Lipinski definition) is 2. The van der Waals surface area contributed by atoms with Gasteiger partial charge in [0.1, 0.15) is 12.4 Å². The van der Waals surface area contributed by atoms with E-state index in [1.54, 1.807) is 25.6 Å². The lowest BCUT2D eigenvalue weighted by Gasteiger charge is -2.16. The number of carbonyl (C=O) groups excluding carboxylic acids is 2. The van der Waals surface area contributed by atoms with Crippen molar-refractivity contribution in [2.75, 3.05) is 30.4 Å². The molecule has 0 bridgehead atoms. The van der Waals surface area contributed by atoms with Crippen molar-refractivity contribution >= 4 is 23.3 Å². The van der Waals surface area contributed by atoms with Gasteiger partial charge in [0.2, 0.25) is 11.8 Å². The summed E-state index contributed by atoms with van der Waals surface area (Å²) in [6.45, 7) is 3.63. The predicted molar refractivity (Wildman–Crippen MR) is 94.0 cm³/mol. The molecule has 3 rings (SSSR count). The summed E-state index contributed by atoms with van der Waals surface area (Å²) in [5.74, 6) is 0.817. The Labute approximate surface area is 146 Å². The third-order valence-electron chi connectivity index (χ3n) is 4.41.